The number of nitrogens with zero attached hydrogens (tertiary/aromatic N) is 3. The van der Waals surface area contributed by atoms with E-state index in [9.17, 15) is 13.2 Å². The van der Waals surface area contributed by atoms with Crippen molar-refractivity contribution < 1.29 is 18.3 Å². The molecule has 106 valence electrons. The molecule has 1 aromatic heterocycles. The normalized spacial score (nSPS) is 11.3. The molecule has 2 aromatic rings. The second-order valence-electron chi connectivity index (χ2n) is 4.17. The number of aryl methyl sites for hydroxylation is 1. The summed E-state index contributed by atoms with van der Waals surface area (Å²) in [4.78, 5) is 10.8. The van der Waals surface area contributed by atoms with Crippen molar-refractivity contribution in [2.45, 2.75) is 4.90 Å². The van der Waals surface area contributed by atoms with Crippen LogP contribution in [-0.2, 0) is 17.1 Å². The second-order valence-corrected chi connectivity index (χ2v) is 6.14. The fourth-order valence-corrected chi connectivity index (χ4v) is 2.82. The van der Waals surface area contributed by atoms with Gasteiger partial charge in [0.15, 0.2) is 0 Å². The van der Waals surface area contributed by atoms with E-state index in [2.05, 4.69) is 5.10 Å². The maximum Gasteiger partial charge on any atom is 0.335 e. The summed E-state index contributed by atoms with van der Waals surface area (Å²) in [5.41, 5.74) is 0.472. The Morgan fingerprint density at radius 1 is 1.30 bits per heavy atom. The first-order valence-electron chi connectivity index (χ1n) is 5.63. The Labute approximate surface area is 116 Å². The Bertz CT molecular complexity index is 734. The van der Waals surface area contributed by atoms with Crippen LogP contribution in [0.15, 0.2) is 41.6 Å². The maximum absolute atomic E-state index is 12.3. The van der Waals surface area contributed by atoms with Crippen molar-refractivity contribution in [3.05, 3.63) is 42.2 Å². The first-order valence-corrected chi connectivity index (χ1v) is 7.07. The lowest BCUT2D eigenvalue weighted by atomic mass is 10.2. The molecule has 0 spiro atoms. The number of sulfonamides is 1. The third kappa shape index (κ3) is 2.50. The number of rotatable bonds is 4. The van der Waals surface area contributed by atoms with E-state index in [1.165, 1.54) is 48.4 Å². The molecular weight excluding hydrogens is 282 g/mol. The molecule has 0 saturated carbocycles. The summed E-state index contributed by atoms with van der Waals surface area (Å²) < 4.78 is 27.1. The molecule has 0 unspecified atom stereocenters. The lowest BCUT2D eigenvalue weighted by Gasteiger charge is -2.18. The minimum atomic E-state index is -3.70. The molecule has 1 aromatic carbocycles. The SMILES string of the molecule is CN(c1ccc(C(=O)O)cc1)S(=O)(=O)c1cnn(C)c1. The number of aromatic nitrogens is 2. The zero-order chi connectivity index (χ0) is 14.9. The number of benzene rings is 1. The molecule has 0 amide bonds. The topological polar surface area (TPSA) is 92.5 Å². The second kappa shape index (κ2) is 4.97. The van der Waals surface area contributed by atoms with Gasteiger partial charge in [0, 0.05) is 20.3 Å². The summed E-state index contributed by atoms with van der Waals surface area (Å²) in [7, 11) is -0.675. The predicted octanol–water partition coefficient (Wildman–Crippen LogP) is 0.943. The van der Waals surface area contributed by atoms with Crippen LogP contribution in [0.1, 0.15) is 10.4 Å². The third-order valence-corrected chi connectivity index (χ3v) is 4.56. The van der Waals surface area contributed by atoms with E-state index in [1.807, 2.05) is 0 Å². The van der Waals surface area contributed by atoms with Crippen molar-refractivity contribution in [3.63, 3.8) is 0 Å². The molecule has 0 bridgehead atoms. The summed E-state index contributed by atoms with van der Waals surface area (Å²) in [5, 5.41) is 12.6. The van der Waals surface area contributed by atoms with Crippen LogP contribution in [0.25, 0.3) is 0 Å². The fraction of sp³-hybridized carbons (Fsp3) is 0.167. The van der Waals surface area contributed by atoms with Crippen LogP contribution < -0.4 is 4.31 Å². The molecule has 8 heteroatoms. The van der Waals surface area contributed by atoms with Crippen molar-refractivity contribution in [2.75, 3.05) is 11.4 Å². The van der Waals surface area contributed by atoms with Crippen LogP contribution in [0, 0.1) is 0 Å². The predicted molar refractivity (Wildman–Crippen MR) is 72.2 cm³/mol. The number of aromatic carboxylic acids is 1. The van der Waals surface area contributed by atoms with Gasteiger partial charge in [-0.25, -0.2) is 13.2 Å². The van der Waals surface area contributed by atoms with Gasteiger partial charge >= 0.3 is 5.97 Å². The maximum atomic E-state index is 12.3. The van der Waals surface area contributed by atoms with Crippen molar-refractivity contribution >= 4 is 21.7 Å². The number of hydrogen-bond acceptors (Lipinski definition) is 4. The minimum Gasteiger partial charge on any atom is -0.478 e. The summed E-state index contributed by atoms with van der Waals surface area (Å²) >= 11 is 0. The van der Waals surface area contributed by atoms with Gasteiger partial charge < -0.3 is 5.11 Å². The van der Waals surface area contributed by atoms with E-state index >= 15 is 0 Å². The number of hydrogen-bond donors (Lipinski definition) is 1. The molecule has 0 aliphatic heterocycles. The molecule has 0 aliphatic rings. The van der Waals surface area contributed by atoms with Gasteiger partial charge in [0.25, 0.3) is 10.0 Å². The molecule has 20 heavy (non-hydrogen) atoms. The first-order chi connectivity index (χ1) is 9.32. The molecule has 7 nitrogen and oxygen atoms in total. The highest BCUT2D eigenvalue weighted by atomic mass is 32.2. The summed E-state index contributed by atoms with van der Waals surface area (Å²) in [6.07, 6.45) is 2.66. The van der Waals surface area contributed by atoms with Crippen LogP contribution in [0.3, 0.4) is 0 Å². The quantitative estimate of drug-likeness (QED) is 0.906. The van der Waals surface area contributed by atoms with E-state index in [1.54, 1.807) is 7.05 Å². The lowest BCUT2D eigenvalue weighted by Crippen LogP contribution is -2.26. The van der Waals surface area contributed by atoms with Gasteiger partial charge in [-0.05, 0) is 24.3 Å². The zero-order valence-corrected chi connectivity index (χ0v) is 11.7. The van der Waals surface area contributed by atoms with Gasteiger partial charge in [-0.1, -0.05) is 0 Å². The monoisotopic (exact) mass is 295 g/mol. The average molecular weight is 295 g/mol. The summed E-state index contributed by atoms with van der Waals surface area (Å²) in [6, 6.07) is 5.59. The largest absolute Gasteiger partial charge is 0.478 e. The molecular formula is C12H13N3O4S. The molecule has 0 aliphatic carbocycles. The standard InChI is InChI=1S/C12H13N3O4S/c1-14-8-11(7-13-14)20(18,19)15(2)10-5-3-9(4-6-10)12(16)17/h3-8H,1-2H3,(H,16,17). The van der Waals surface area contributed by atoms with Gasteiger partial charge in [0.1, 0.15) is 4.90 Å². The summed E-state index contributed by atoms with van der Waals surface area (Å²) in [6.45, 7) is 0. The van der Waals surface area contributed by atoms with Crippen LogP contribution in [0.2, 0.25) is 0 Å². The van der Waals surface area contributed by atoms with Gasteiger partial charge in [-0.2, -0.15) is 5.10 Å². The molecule has 2 rings (SSSR count). The number of carboxylic acid groups (broad SMARTS) is 1. The number of anilines is 1. The van der Waals surface area contributed by atoms with Crippen molar-refractivity contribution in [3.8, 4) is 0 Å². The van der Waals surface area contributed by atoms with Gasteiger partial charge in [-0.3, -0.25) is 8.99 Å². The highest BCUT2D eigenvalue weighted by molar-refractivity contribution is 7.92. The number of carbonyl (C=O) groups is 1. The van der Waals surface area contributed by atoms with E-state index in [-0.39, 0.29) is 10.5 Å². The van der Waals surface area contributed by atoms with Crippen LogP contribution in [0.4, 0.5) is 5.69 Å². The van der Waals surface area contributed by atoms with Crippen molar-refractivity contribution in [2.24, 2.45) is 7.05 Å². The van der Waals surface area contributed by atoms with Gasteiger partial charge in [-0.15, -0.1) is 0 Å². The van der Waals surface area contributed by atoms with Crippen LogP contribution in [-0.4, -0.2) is 36.3 Å². The van der Waals surface area contributed by atoms with Crippen molar-refractivity contribution in [1.82, 2.24) is 9.78 Å². The van der Waals surface area contributed by atoms with Gasteiger partial charge in [0.05, 0.1) is 17.4 Å². The Hall–Kier alpha value is -2.35. The Morgan fingerprint density at radius 2 is 1.90 bits per heavy atom. The summed E-state index contributed by atoms with van der Waals surface area (Å²) in [5.74, 6) is -1.06. The molecule has 0 radical (unpaired) electrons. The fourth-order valence-electron chi connectivity index (χ4n) is 1.64. The van der Waals surface area contributed by atoms with E-state index in [4.69, 9.17) is 5.11 Å². The molecule has 0 fully saturated rings. The van der Waals surface area contributed by atoms with E-state index in [0.717, 1.165) is 4.31 Å². The number of carboxylic acids is 1. The minimum absolute atomic E-state index is 0.0739. The van der Waals surface area contributed by atoms with Crippen LogP contribution >= 0.6 is 0 Å². The smallest absolute Gasteiger partial charge is 0.335 e. The van der Waals surface area contributed by atoms with Gasteiger partial charge in [0.2, 0.25) is 0 Å². The first kappa shape index (κ1) is 14.1. The Kier molecular flexibility index (Phi) is 3.49. The van der Waals surface area contributed by atoms with Crippen LogP contribution in [0.5, 0.6) is 0 Å². The van der Waals surface area contributed by atoms with E-state index < -0.39 is 16.0 Å². The average Bonchev–Trinajstić information content (AvgIpc) is 2.85. The highest BCUT2D eigenvalue weighted by Gasteiger charge is 2.22. The van der Waals surface area contributed by atoms with E-state index in [0.29, 0.717) is 5.69 Å². The lowest BCUT2D eigenvalue weighted by molar-refractivity contribution is 0.0697. The zero-order valence-electron chi connectivity index (χ0n) is 10.9. The third-order valence-electron chi connectivity index (χ3n) is 2.82. The highest BCUT2D eigenvalue weighted by Crippen LogP contribution is 2.21. The Balaban J connectivity index is 2.35. The Morgan fingerprint density at radius 3 is 2.35 bits per heavy atom. The molecule has 0 saturated heterocycles. The molecule has 1 N–H and O–H groups in total. The molecule has 1 heterocycles. The molecule has 0 atom stereocenters. The van der Waals surface area contributed by atoms with Crippen molar-refractivity contribution in [1.29, 1.82) is 0 Å².